The van der Waals surface area contributed by atoms with Crippen LogP contribution < -0.4 is 5.32 Å². The molecule has 0 aromatic heterocycles. The lowest BCUT2D eigenvalue weighted by Gasteiger charge is -2.09. The molecule has 0 saturated carbocycles. The van der Waals surface area contributed by atoms with E-state index in [2.05, 4.69) is 5.32 Å². The Hall–Kier alpha value is -3.82. The van der Waals surface area contributed by atoms with Crippen molar-refractivity contribution in [3.63, 3.8) is 0 Å². The van der Waals surface area contributed by atoms with Gasteiger partial charge in [-0.25, -0.2) is 0 Å². The van der Waals surface area contributed by atoms with Crippen LogP contribution in [0.5, 0.6) is 0 Å². The summed E-state index contributed by atoms with van der Waals surface area (Å²) in [5, 5.41) is 24.4. The third-order valence-corrected chi connectivity index (χ3v) is 3.97. The Morgan fingerprint density at radius 3 is 2.25 bits per heavy atom. The van der Waals surface area contributed by atoms with Gasteiger partial charge >= 0.3 is 5.97 Å². The molecule has 0 bridgehead atoms. The molecule has 0 heterocycles. The first-order valence-corrected chi connectivity index (χ1v) is 8.12. The lowest BCUT2D eigenvalue weighted by Crippen LogP contribution is -2.22. The van der Waals surface area contributed by atoms with Crippen molar-refractivity contribution < 1.29 is 24.2 Å². The Morgan fingerprint density at radius 2 is 1.61 bits per heavy atom. The highest BCUT2D eigenvalue weighted by Gasteiger charge is 2.20. The highest BCUT2D eigenvalue weighted by atomic mass is 16.6. The van der Waals surface area contributed by atoms with Gasteiger partial charge in [-0.15, -0.1) is 0 Å². The first-order valence-electron chi connectivity index (χ1n) is 8.12. The zero-order valence-electron chi connectivity index (χ0n) is 15.1. The number of para-hydroxylation sites is 1. The summed E-state index contributed by atoms with van der Waals surface area (Å²) >= 11 is 0. The Labute approximate surface area is 159 Å². The molecule has 146 valence electrons. The van der Waals surface area contributed by atoms with Gasteiger partial charge in [-0.3, -0.25) is 29.8 Å². The predicted octanol–water partition coefficient (Wildman–Crippen LogP) is 2.84. The van der Waals surface area contributed by atoms with Crippen molar-refractivity contribution in [1.29, 1.82) is 0 Å². The number of carbonyl (C=O) groups excluding carboxylic acids is 2. The number of nitro benzene ring substituents is 2. The molecule has 10 heteroatoms. The molecule has 0 unspecified atom stereocenters. The minimum atomic E-state index is -0.834. The average molecular weight is 387 g/mol. The molecule has 0 atom stereocenters. The molecular weight excluding hydrogens is 370 g/mol. The number of carbonyl (C=O) groups is 2. The summed E-state index contributed by atoms with van der Waals surface area (Å²) in [6.07, 6.45) is -0.381. The van der Waals surface area contributed by atoms with E-state index in [0.29, 0.717) is 5.56 Å². The number of nitro groups is 2. The third kappa shape index (κ3) is 5.10. The maximum absolute atomic E-state index is 12.0. The molecule has 1 N–H and O–H groups in total. The van der Waals surface area contributed by atoms with Crippen LogP contribution in [0.3, 0.4) is 0 Å². The van der Waals surface area contributed by atoms with E-state index >= 15 is 0 Å². The lowest BCUT2D eigenvalue weighted by atomic mass is 10.1. The first-order chi connectivity index (χ1) is 13.2. The van der Waals surface area contributed by atoms with Crippen molar-refractivity contribution >= 4 is 28.9 Å². The van der Waals surface area contributed by atoms with Crippen LogP contribution in [0.4, 0.5) is 17.1 Å². The second-order valence-electron chi connectivity index (χ2n) is 5.98. The summed E-state index contributed by atoms with van der Waals surface area (Å²) in [7, 11) is 0. The lowest BCUT2D eigenvalue weighted by molar-refractivity contribution is -0.385. The fourth-order valence-electron chi connectivity index (χ4n) is 2.43. The molecule has 0 saturated heterocycles. The van der Waals surface area contributed by atoms with E-state index in [-0.39, 0.29) is 29.0 Å². The molecule has 10 nitrogen and oxygen atoms in total. The van der Waals surface area contributed by atoms with E-state index in [1.165, 1.54) is 30.3 Å². The fraction of sp³-hybridized carbons (Fsp3) is 0.222. The number of rotatable bonds is 7. The SMILES string of the molecule is Cc1cc(NC(=O)COC(=O)Cc2ccccc2[N+](=O)[O-])c([N+](=O)[O-])cc1C. The molecule has 0 fully saturated rings. The Balaban J connectivity index is 2.00. The summed E-state index contributed by atoms with van der Waals surface area (Å²) < 4.78 is 4.83. The second-order valence-corrected chi connectivity index (χ2v) is 5.98. The largest absolute Gasteiger partial charge is 0.455 e. The Morgan fingerprint density at radius 1 is 1.00 bits per heavy atom. The summed E-state index contributed by atoms with van der Waals surface area (Å²) in [4.78, 5) is 44.7. The van der Waals surface area contributed by atoms with Crippen LogP contribution in [0, 0.1) is 34.1 Å². The van der Waals surface area contributed by atoms with Crippen LogP contribution in [-0.4, -0.2) is 28.3 Å². The van der Waals surface area contributed by atoms with Crippen LogP contribution in [0.1, 0.15) is 16.7 Å². The van der Waals surface area contributed by atoms with Crippen LogP contribution in [0.25, 0.3) is 0 Å². The number of nitrogens with zero attached hydrogens (tertiary/aromatic N) is 2. The smallest absolute Gasteiger partial charge is 0.311 e. The molecule has 0 radical (unpaired) electrons. The van der Waals surface area contributed by atoms with Crippen molar-refractivity contribution in [3.05, 3.63) is 73.3 Å². The quantitative estimate of drug-likeness (QED) is 0.437. The highest BCUT2D eigenvalue weighted by Crippen LogP contribution is 2.27. The van der Waals surface area contributed by atoms with Crippen LogP contribution in [-0.2, 0) is 20.7 Å². The van der Waals surface area contributed by atoms with Crippen molar-refractivity contribution in [1.82, 2.24) is 0 Å². The minimum Gasteiger partial charge on any atom is -0.455 e. The van der Waals surface area contributed by atoms with E-state index in [1.807, 2.05) is 0 Å². The fourth-order valence-corrected chi connectivity index (χ4v) is 2.43. The van der Waals surface area contributed by atoms with Gasteiger partial charge in [-0.1, -0.05) is 18.2 Å². The van der Waals surface area contributed by atoms with E-state index in [1.54, 1.807) is 19.9 Å². The molecule has 0 aliphatic heterocycles. The number of hydrogen-bond donors (Lipinski definition) is 1. The van der Waals surface area contributed by atoms with Crippen molar-refractivity contribution in [2.75, 3.05) is 11.9 Å². The zero-order valence-corrected chi connectivity index (χ0v) is 15.1. The number of esters is 1. The molecule has 0 aliphatic carbocycles. The molecule has 1 amide bonds. The van der Waals surface area contributed by atoms with Gasteiger partial charge in [0, 0.05) is 17.7 Å². The van der Waals surface area contributed by atoms with E-state index in [4.69, 9.17) is 4.74 Å². The Kier molecular flexibility index (Phi) is 6.38. The maximum atomic E-state index is 12.0. The van der Waals surface area contributed by atoms with Crippen molar-refractivity contribution in [2.45, 2.75) is 20.3 Å². The summed E-state index contributed by atoms with van der Waals surface area (Å²) in [5.74, 6) is -1.60. The number of hydrogen-bond acceptors (Lipinski definition) is 7. The average Bonchev–Trinajstić information content (AvgIpc) is 2.63. The highest BCUT2D eigenvalue weighted by molar-refractivity contribution is 5.95. The van der Waals surface area contributed by atoms with Crippen molar-refractivity contribution in [3.8, 4) is 0 Å². The minimum absolute atomic E-state index is 0.00662. The molecule has 28 heavy (non-hydrogen) atoms. The third-order valence-electron chi connectivity index (χ3n) is 3.97. The van der Waals surface area contributed by atoms with Gasteiger partial charge in [0.2, 0.25) is 0 Å². The normalized spacial score (nSPS) is 10.2. The van der Waals surface area contributed by atoms with Crippen LogP contribution >= 0.6 is 0 Å². The van der Waals surface area contributed by atoms with Crippen molar-refractivity contribution in [2.24, 2.45) is 0 Å². The summed E-state index contributed by atoms with van der Waals surface area (Å²) in [6, 6.07) is 8.48. The Bertz CT molecular complexity index is 956. The molecular formula is C18H17N3O7. The summed E-state index contributed by atoms with van der Waals surface area (Å²) in [6.45, 7) is 2.77. The zero-order chi connectivity index (χ0) is 20.8. The first kappa shape index (κ1) is 20.5. The van der Waals surface area contributed by atoms with E-state index in [0.717, 1.165) is 5.56 Å². The van der Waals surface area contributed by atoms with Crippen LogP contribution in [0.15, 0.2) is 36.4 Å². The number of amides is 1. The maximum Gasteiger partial charge on any atom is 0.311 e. The monoisotopic (exact) mass is 387 g/mol. The number of benzene rings is 2. The molecule has 2 aromatic carbocycles. The summed E-state index contributed by atoms with van der Waals surface area (Å²) in [5.41, 5.74) is 1.09. The van der Waals surface area contributed by atoms with Gasteiger partial charge in [0.05, 0.1) is 16.3 Å². The van der Waals surface area contributed by atoms with Crippen LogP contribution in [0.2, 0.25) is 0 Å². The number of ether oxygens (including phenoxy) is 1. The van der Waals surface area contributed by atoms with Gasteiger partial charge in [0.15, 0.2) is 6.61 Å². The number of nitrogens with one attached hydrogen (secondary N) is 1. The van der Waals surface area contributed by atoms with Gasteiger partial charge in [0.25, 0.3) is 17.3 Å². The number of aryl methyl sites for hydroxylation is 2. The van der Waals surface area contributed by atoms with Gasteiger partial charge in [0.1, 0.15) is 5.69 Å². The molecule has 0 aliphatic rings. The van der Waals surface area contributed by atoms with Gasteiger partial charge in [-0.05, 0) is 31.0 Å². The van der Waals surface area contributed by atoms with E-state index in [9.17, 15) is 29.8 Å². The van der Waals surface area contributed by atoms with Gasteiger partial charge in [-0.2, -0.15) is 0 Å². The molecule has 0 spiro atoms. The topological polar surface area (TPSA) is 142 Å². The predicted molar refractivity (Wildman–Crippen MR) is 99.0 cm³/mol. The number of anilines is 1. The second kappa shape index (κ2) is 8.71. The molecule has 2 rings (SSSR count). The van der Waals surface area contributed by atoms with Gasteiger partial charge < -0.3 is 10.1 Å². The standard InChI is InChI=1S/C18H17N3O7/c1-11-7-14(16(21(26)27)8-12(11)2)19-17(22)10-28-18(23)9-13-5-3-4-6-15(13)20(24)25/h3-8H,9-10H2,1-2H3,(H,19,22). The molecule has 2 aromatic rings. The van der Waals surface area contributed by atoms with E-state index < -0.39 is 28.3 Å².